The third-order valence-corrected chi connectivity index (χ3v) is 4.27. The first-order chi connectivity index (χ1) is 9.76. The van der Waals surface area contributed by atoms with E-state index >= 15 is 0 Å². The van der Waals surface area contributed by atoms with Crippen molar-refractivity contribution in [2.24, 2.45) is 0 Å². The highest BCUT2D eigenvalue weighted by Crippen LogP contribution is 2.25. The number of hydrogen-bond acceptors (Lipinski definition) is 4. The Morgan fingerprint density at radius 2 is 2.15 bits per heavy atom. The standard InChI is InChI=1S/C15H14BrN3S/c1-2-17-14-12-6-7-20-15(12)19-13(18-14)9-10-4-3-5-11(16)8-10/h3-8H,2,9H2,1H3,(H,17,18,19). The topological polar surface area (TPSA) is 37.8 Å². The van der Waals surface area contributed by atoms with Gasteiger partial charge in [-0.15, -0.1) is 11.3 Å². The van der Waals surface area contributed by atoms with Gasteiger partial charge in [0.05, 0.1) is 5.39 Å². The minimum Gasteiger partial charge on any atom is -0.370 e. The molecule has 102 valence electrons. The van der Waals surface area contributed by atoms with Crippen LogP contribution < -0.4 is 5.32 Å². The van der Waals surface area contributed by atoms with Crippen LogP contribution in [0.15, 0.2) is 40.2 Å². The lowest BCUT2D eigenvalue weighted by Crippen LogP contribution is -2.04. The number of nitrogens with one attached hydrogen (secondary N) is 1. The molecule has 0 aliphatic carbocycles. The Morgan fingerprint density at radius 1 is 1.25 bits per heavy atom. The average molecular weight is 348 g/mol. The normalized spacial score (nSPS) is 10.9. The highest BCUT2D eigenvalue weighted by molar-refractivity contribution is 9.10. The van der Waals surface area contributed by atoms with Gasteiger partial charge in [0, 0.05) is 17.4 Å². The molecule has 3 aromatic rings. The van der Waals surface area contributed by atoms with Crippen molar-refractivity contribution in [2.45, 2.75) is 13.3 Å². The van der Waals surface area contributed by atoms with E-state index in [1.807, 2.05) is 12.1 Å². The van der Waals surface area contributed by atoms with E-state index in [9.17, 15) is 0 Å². The number of thiophene rings is 1. The van der Waals surface area contributed by atoms with Gasteiger partial charge in [-0.3, -0.25) is 0 Å². The molecular weight excluding hydrogens is 334 g/mol. The summed E-state index contributed by atoms with van der Waals surface area (Å²) in [6.07, 6.45) is 0.742. The number of anilines is 1. The smallest absolute Gasteiger partial charge is 0.138 e. The molecule has 0 spiro atoms. The lowest BCUT2D eigenvalue weighted by atomic mass is 10.1. The summed E-state index contributed by atoms with van der Waals surface area (Å²) < 4.78 is 1.08. The summed E-state index contributed by atoms with van der Waals surface area (Å²) in [5.74, 6) is 1.79. The number of fused-ring (bicyclic) bond motifs is 1. The largest absolute Gasteiger partial charge is 0.370 e. The van der Waals surface area contributed by atoms with Gasteiger partial charge in [0.2, 0.25) is 0 Å². The van der Waals surface area contributed by atoms with Crippen molar-refractivity contribution in [3.8, 4) is 0 Å². The van der Waals surface area contributed by atoms with E-state index in [-0.39, 0.29) is 0 Å². The summed E-state index contributed by atoms with van der Waals surface area (Å²) in [5.41, 5.74) is 1.21. The fraction of sp³-hybridized carbons (Fsp3) is 0.200. The van der Waals surface area contributed by atoms with Crippen LogP contribution in [0.1, 0.15) is 18.3 Å². The number of benzene rings is 1. The van der Waals surface area contributed by atoms with Crippen molar-refractivity contribution in [3.63, 3.8) is 0 Å². The molecule has 3 rings (SSSR count). The van der Waals surface area contributed by atoms with Crippen LogP contribution >= 0.6 is 27.3 Å². The fourth-order valence-electron chi connectivity index (χ4n) is 2.11. The van der Waals surface area contributed by atoms with Crippen molar-refractivity contribution in [2.75, 3.05) is 11.9 Å². The summed E-state index contributed by atoms with van der Waals surface area (Å²) >= 11 is 5.15. The Bertz CT molecular complexity index is 739. The molecule has 2 heterocycles. The third-order valence-electron chi connectivity index (χ3n) is 2.97. The highest BCUT2D eigenvalue weighted by atomic mass is 79.9. The molecule has 3 nitrogen and oxygen atoms in total. The molecule has 0 fully saturated rings. The molecule has 1 aromatic carbocycles. The Morgan fingerprint density at radius 3 is 2.95 bits per heavy atom. The van der Waals surface area contributed by atoms with Crippen molar-refractivity contribution in [1.82, 2.24) is 9.97 Å². The van der Waals surface area contributed by atoms with Gasteiger partial charge in [0.15, 0.2) is 0 Å². The van der Waals surface area contributed by atoms with Gasteiger partial charge in [-0.1, -0.05) is 28.1 Å². The second-order valence-electron chi connectivity index (χ2n) is 4.46. The van der Waals surface area contributed by atoms with E-state index in [0.29, 0.717) is 0 Å². The lowest BCUT2D eigenvalue weighted by Gasteiger charge is -2.07. The highest BCUT2D eigenvalue weighted by Gasteiger charge is 2.09. The second-order valence-corrected chi connectivity index (χ2v) is 6.28. The zero-order chi connectivity index (χ0) is 13.9. The van der Waals surface area contributed by atoms with Crippen LogP contribution in [-0.2, 0) is 6.42 Å². The number of rotatable bonds is 4. The van der Waals surface area contributed by atoms with Gasteiger partial charge in [0.1, 0.15) is 16.5 Å². The van der Waals surface area contributed by atoms with Crippen LogP contribution in [-0.4, -0.2) is 16.5 Å². The first-order valence-corrected chi connectivity index (χ1v) is 8.16. The Kier molecular flexibility index (Phi) is 3.98. The molecule has 0 aliphatic heterocycles. The molecule has 0 saturated heterocycles. The van der Waals surface area contributed by atoms with Crippen molar-refractivity contribution in [3.05, 3.63) is 51.6 Å². The predicted molar refractivity (Wildman–Crippen MR) is 88.5 cm³/mol. The van der Waals surface area contributed by atoms with Gasteiger partial charge >= 0.3 is 0 Å². The van der Waals surface area contributed by atoms with Gasteiger partial charge in [-0.05, 0) is 36.1 Å². The summed E-state index contributed by atoms with van der Waals surface area (Å²) in [6.45, 7) is 2.94. The van der Waals surface area contributed by atoms with Crippen LogP contribution in [0.4, 0.5) is 5.82 Å². The fourth-order valence-corrected chi connectivity index (χ4v) is 3.34. The molecule has 0 saturated carbocycles. The molecule has 0 atom stereocenters. The van der Waals surface area contributed by atoms with Crippen LogP contribution in [0.3, 0.4) is 0 Å². The zero-order valence-corrected chi connectivity index (χ0v) is 13.5. The summed E-state index contributed by atoms with van der Waals surface area (Å²) in [6, 6.07) is 10.3. The Balaban J connectivity index is 1.98. The van der Waals surface area contributed by atoms with Crippen molar-refractivity contribution in [1.29, 1.82) is 0 Å². The minimum absolute atomic E-state index is 0.742. The molecule has 0 unspecified atom stereocenters. The van der Waals surface area contributed by atoms with Crippen molar-refractivity contribution < 1.29 is 0 Å². The maximum atomic E-state index is 4.66. The van der Waals surface area contributed by atoms with Crippen LogP contribution in [0, 0.1) is 0 Å². The van der Waals surface area contributed by atoms with E-state index in [1.165, 1.54) is 5.56 Å². The van der Waals surface area contributed by atoms with E-state index in [2.05, 4.69) is 61.7 Å². The van der Waals surface area contributed by atoms with Crippen LogP contribution in [0.2, 0.25) is 0 Å². The summed E-state index contributed by atoms with van der Waals surface area (Å²) in [5, 5.41) is 6.49. The Hall–Kier alpha value is -1.46. The maximum absolute atomic E-state index is 4.66. The molecule has 0 bridgehead atoms. The number of aromatic nitrogens is 2. The monoisotopic (exact) mass is 347 g/mol. The average Bonchev–Trinajstić information content (AvgIpc) is 2.87. The number of halogens is 1. The van der Waals surface area contributed by atoms with Crippen LogP contribution in [0.5, 0.6) is 0 Å². The molecule has 0 radical (unpaired) electrons. The molecule has 1 N–H and O–H groups in total. The molecule has 0 amide bonds. The summed E-state index contributed by atoms with van der Waals surface area (Å²) in [7, 11) is 0. The van der Waals surface area contributed by atoms with Gasteiger partial charge < -0.3 is 5.32 Å². The predicted octanol–water partition coefficient (Wildman–Crippen LogP) is 4.48. The molecule has 20 heavy (non-hydrogen) atoms. The molecule has 2 aromatic heterocycles. The zero-order valence-electron chi connectivity index (χ0n) is 11.1. The molecule has 5 heteroatoms. The first kappa shape index (κ1) is 13.5. The number of hydrogen-bond donors (Lipinski definition) is 1. The van der Waals surface area contributed by atoms with Gasteiger partial charge in [0.25, 0.3) is 0 Å². The maximum Gasteiger partial charge on any atom is 0.138 e. The van der Waals surface area contributed by atoms with Crippen molar-refractivity contribution >= 4 is 43.3 Å². The molecular formula is C15H14BrN3S. The van der Waals surface area contributed by atoms with E-state index in [4.69, 9.17) is 0 Å². The quantitative estimate of drug-likeness (QED) is 0.756. The Labute approximate surface area is 130 Å². The van der Waals surface area contributed by atoms with Gasteiger partial charge in [-0.25, -0.2) is 9.97 Å². The number of nitrogens with zero attached hydrogens (tertiary/aromatic N) is 2. The van der Waals surface area contributed by atoms with E-state index in [0.717, 1.165) is 39.3 Å². The minimum atomic E-state index is 0.742. The van der Waals surface area contributed by atoms with Crippen LogP contribution in [0.25, 0.3) is 10.2 Å². The van der Waals surface area contributed by atoms with E-state index < -0.39 is 0 Å². The molecule has 0 aliphatic rings. The van der Waals surface area contributed by atoms with E-state index in [1.54, 1.807) is 11.3 Å². The second kappa shape index (κ2) is 5.89. The van der Waals surface area contributed by atoms with Gasteiger partial charge in [-0.2, -0.15) is 0 Å². The first-order valence-electron chi connectivity index (χ1n) is 6.48. The lowest BCUT2D eigenvalue weighted by molar-refractivity contribution is 0.989. The third kappa shape index (κ3) is 2.83. The summed E-state index contributed by atoms with van der Waals surface area (Å²) in [4.78, 5) is 10.4. The SMILES string of the molecule is CCNc1nc(Cc2cccc(Br)c2)nc2sccc12.